The maximum Gasteiger partial charge on any atom is 0.509 e. The standard InChI is InChI=1S/C10H7O2Si2/c13-12-14-11-10-7-3-5-8-4-1-2-6-9(8)10/h1-7H. The molecule has 0 bridgehead atoms. The molecule has 2 nitrogen and oxygen atoms in total. The minimum absolute atomic E-state index is 0.0308. The van der Waals surface area contributed by atoms with Crippen LogP contribution in [0.4, 0.5) is 0 Å². The van der Waals surface area contributed by atoms with Crippen LogP contribution in [0.1, 0.15) is 0 Å². The predicted molar refractivity (Wildman–Crippen MR) is 57.2 cm³/mol. The Kier molecular flexibility index (Phi) is 2.98. The minimum atomic E-state index is -0.0308. The number of hydrogen-bond donors (Lipinski definition) is 0. The van der Waals surface area contributed by atoms with Crippen LogP contribution in [0.3, 0.4) is 0 Å². The molecule has 0 fully saturated rings. The molecule has 0 N–H and O–H groups in total. The molecule has 14 heavy (non-hydrogen) atoms. The molecule has 0 saturated carbocycles. The van der Waals surface area contributed by atoms with E-state index in [0.717, 1.165) is 11.1 Å². The van der Waals surface area contributed by atoms with Gasteiger partial charge in [-0.2, -0.15) is 0 Å². The van der Waals surface area contributed by atoms with E-state index in [9.17, 15) is 0 Å². The van der Waals surface area contributed by atoms with Crippen molar-refractivity contribution in [1.29, 1.82) is 0 Å². The first-order valence-corrected chi connectivity index (χ1v) is 5.36. The summed E-state index contributed by atoms with van der Waals surface area (Å²) in [7, 11) is 2.87. The Morgan fingerprint density at radius 3 is 2.64 bits per heavy atom. The molecule has 5 radical (unpaired) electrons. The summed E-state index contributed by atoms with van der Waals surface area (Å²) in [6.07, 6.45) is 0. The second-order valence-corrected chi connectivity index (χ2v) is 3.95. The molecule has 0 saturated heterocycles. The van der Waals surface area contributed by atoms with Crippen molar-refractivity contribution in [2.75, 3.05) is 0 Å². The van der Waals surface area contributed by atoms with Gasteiger partial charge in [0, 0.05) is 5.39 Å². The van der Waals surface area contributed by atoms with Gasteiger partial charge in [0.1, 0.15) is 5.75 Å². The lowest BCUT2D eigenvalue weighted by Gasteiger charge is -2.06. The molecule has 2 rings (SSSR count). The summed E-state index contributed by atoms with van der Waals surface area (Å²) >= 11 is 0. The maximum absolute atomic E-state index is 5.43. The Balaban J connectivity index is 2.43. The highest BCUT2D eigenvalue weighted by atomic mass is 28.3. The van der Waals surface area contributed by atoms with Crippen molar-refractivity contribution < 1.29 is 8.54 Å². The molecule has 0 spiro atoms. The Morgan fingerprint density at radius 1 is 1.00 bits per heavy atom. The van der Waals surface area contributed by atoms with Crippen molar-refractivity contribution in [2.45, 2.75) is 0 Å². The average molecular weight is 215 g/mol. The van der Waals surface area contributed by atoms with E-state index in [1.165, 1.54) is 5.39 Å². The molecule has 0 aliphatic heterocycles. The fourth-order valence-corrected chi connectivity index (χ4v) is 1.78. The average Bonchev–Trinajstić information content (AvgIpc) is 2.26. The lowest BCUT2D eigenvalue weighted by Crippen LogP contribution is -2.05. The third kappa shape index (κ3) is 1.87. The van der Waals surface area contributed by atoms with Crippen LogP contribution in [0.2, 0.25) is 0 Å². The van der Waals surface area contributed by atoms with E-state index in [1.807, 2.05) is 30.3 Å². The summed E-state index contributed by atoms with van der Waals surface area (Å²) in [4.78, 5) is 0. The highest BCUT2D eigenvalue weighted by Crippen LogP contribution is 2.24. The second kappa shape index (κ2) is 4.41. The van der Waals surface area contributed by atoms with Crippen molar-refractivity contribution in [2.24, 2.45) is 0 Å². The molecule has 2 aromatic carbocycles. The highest BCUT2D eigenvalue weighted by molar-refractivity contribution is 6.28. The van der Waals surface area contributed by atoms with Crippen molar-refractivity contribution in [3.05, 3.63) is 42.5 Å². The lowest BCUT2D eigenvalue weighted by atomic mass is 10.1. The first kappa shape index (κ1) is 9.45. The van der Waals surface area contributed by atoms with E-state index in [1.54, 1.807) is 0 Å². The summed E-state index contributed by atoms with van der Waals surface area (Å²) in [5, 5.41) is 2.27. The summed E-state index contributed by atoms with van der Waals surface area (Å²) in [5.74, 6) is 0.847. The molecule has 2 aromatic rings. The maximum atomic E-state index is 5.43. The summed E-state index contributed by atoms with van der Waals surface area (Å²) in [5.41, 5.74) is 0. The van der Waals surface area contributed by atoms with E-state index >= 15 is 0 Å². The van der Waals surface area contributed by atoms with Gasteiger partial charge in [-0.25, -0.2) is 0 Å². The van der Waals surface area contributed by atoms with Crippen LogP contribution in [0, 0.1) is 0 Å². The minimum Gasteiger partial charge on any atom is -0.517 e. The summed E-state index contributed by atoms with van der Waals surface area (Å²) in [6, 6.07) is 14.0. The largest absolute Gasteiger partial charge is 0.517 e. The number of fused-ring (bicyclic) bond motifs is 1. The Bertz CT molecular complexity index is 426. The summed E-state index contributed by atoms with van der Waals surface area (Å²) < 4.78 is 10.1. The topological polar surface area (TPSA) is 18.5 Å². The Morgan fingerprint density at radius 2 is 1.79 bits per heavy atom. The van der Waals surface area contributed by atoms with Gasteiger partial charge < -0.3 is 8.54 Å². The van der Waals surface area contributed by atoms with Crippen LogP contribution in [0.15, 0.2) is 42.5 Å². The zero-order chi connectivity index (χ0) is 9.80. The second-order valence-electron chi connectivity index (χ2n) is 2.76. The number of rotatable bonds is 3. The van der Waals surface area contributed by atoms with E-state index in [-0.39, 0.29) is 10.0 Å². The zero-order valence-corrected chi connectivity index (χ0v) is 9.36. The van der Waals surface area contributed by atoms with Crippen LogP contribution in [0.25, 0.3) is 10.8 Å². The first-order chi connectivity index (χ1) is 6.92. The molecule has 4 heteroatoms. The van der Waals surface area contributed by atoms with Crippen molar-refractivity contribution >= 4 is 31.3 Å². The smallest absolute Gasteiger partial charge is 0.509 e. The molecule has 0 aliphatic rings. The van der Waals surface area contributed by atoms with E-state index in [4.69, 9.17) is 8.54 Å². The quantitative estimate of drug-likeness (QED) is 0.728. The van der Waals surface area contributed by atoms with E-state index < -0.39 is 0 Å². The van der Waals surface area contributed by atoms with E-state index in [2.05, 4.69) is 22.6 Å². The van der Waals surface area contributed by atoms with Gasteiger partial charge in [0.2, 0.25) is 10.5 Å². The third-order valence-electron chi connectivity index (χ3n) is 1.94. The van der Waals surface area contributed by atoms with Gasteiger partial charge in [0.15, 0.2) is 0 Å². The molecule has 0 aromatic heterocycles. The highest BCUT2D eigenvalue weighted by Gasteiger charge is 2.00. The van der Waals surface area contributed by atoms with Crippen LogP contribution in [-0.4, -0.2) is 20.5 Å². The molecular formula is C10H7O2Si2. The van der Waals surface area contributed by atoms with Crippen LogP contribution < -0.4 is 4.43 Å². The number of hydrogen-bond acceptors (Lipinski definition) is 2. The molecule has 0 amide bonds. The fourth-order valence-electron chi connectivity index (χ4n) is 1.35. The van der Waals surface area contributed by atoms with Crippen LogP contribution in [0.5, 0.6) is 5.75 Å². The van der Waals surface area contributed by atoms with Gasteiger partial charge in [-0.3, -0.25) is 0 Å². The van der Waals surface area contributed by atoms with Crippen LogP contribution >= 0.6 is 0 Å². The van der Waals surface area contributed by atoms with Gasteiger partial charge in [-0.05, 0) is 11.5 Å². The lowest BCUT2D eigenvalue weighted by molar-refractivity contribution is 0.486. The molecule has 0 unspecified atom stereocenters. The SMILES string of the molecule is [Si]O[Si]Oc1cccc2ccccc12. The molecular weight excluding hydrogens is 208 g/mol. The van der Waals surface area contributed by atoms with Crippen molar-refractivity contribution in [1.82, 2.24) is 0 Å². The van der Waals surface area contributed by atoms with E-state index in [0.29, 0.717) is 0 Å². The first-order valence-electron chi connectivity index (χ1n) is 4.14. The Labute approximate surface area is 88.5 Å². The van der Waals surface area contributed by atoms with Gasteiger partial charge >= 0.3 is 10.0 Å². The normalized spacial score (nSPS) is 10.4. The van der Waals surface area contributed by atoms with Crippen molar-refractivity contribution in [3.8, 4) is 5.75 Å². The van der Waals surface area contributed by atoms with Gasteiger partial charge in [-0.1, -0.05) is 36.4 Å². The summed E-state index contributed by atoms with van der Waals surface area (Å²) in [6.45, 7) is 0. The molecule has 0 aliphatic carbocycles. The van der Waals surface area contributed by atoms with Gasteiger partial charge in [0.25, 0.3) is 0 Å². The monoisotopic (exact) mass is 215 g/mol. The van der Waals surface area contributed by atoms with Crippen LogP contribution in [-0.2, 0) is 4.12 Å². The molecule has 67 valence electrons. The Hall–Kier alpha value is -1.11. The van der Waals surface area contributed by atoms with Crippen molar-refractivity contribution in [3.63, 3.8) is 0 Å². The third-order valence-corrected chi connectivity index (χ3v) is 2.58. The molecule has 0 heterocycles. The fraction of sp³-hybridized carbons (Fsp3) is 0. The van der Waals surface area contributed by atoms with Gasteiger partial charge in [-0.15, -0.1) is 0 Å². The number of benzene rings is 2. The zero-order valence-electron chi connectivity index (χ0n) is 7.36. The van der Waals surface area contributed by atoms with Gasteiger partial charge in [0.05, 0.1) is 0 Å². The molecule has 0 atom stereocenters. The predicted octanol–water partition coefficient (Wildman–Crippen LogP) is 1.85.